The molecule has 0 radical (unpaired) electrons. The summed E-state index contributed by atoms with van der Waals surface area (Å²) in [7, 11) is 0. The predicted octanol–water partition coefficient (Wildman–Crippen LogP) is -0.798. The molecule has 1 unspecified atom stereocenters. The van der Waals surface area contributed by atoms with Crippen molar-refractivity contribution in [2.45, 2.75) is 17.5 Å². The first-order chi connectivity index (χ1) is 8.08. The number of imidazole rings is 1. The Bertz CT molecular complexity index is 407. The zero-order valence-corrected chi connectivity index (χ0v) is 10.1. The van der Waals surface area contributed by atoms with Crippen molar-refractivity contribution >= 4 is 23.6 Å². The molecule has 0 aliphatic rings. The van der Waals surface area contributed by atoms with Crippen LogP contribution in [-0.4, -0.2) is 45.8 Å². The number of nitrogens with one attached hydrogen (secondary N) is 2. The number of carboxylic acids is 1. The van der Waals surface area contributed by atoms with Crippen LogP contribution in [0, 0.1) is 0 Å². The van der Waals surface area contributed by atoms with Gasteiger partial charge in [0.15, 0.2) is 0 Å². The average molecular weight is 258 g/mol. The molecule has 94 valence electrons. The van der Waals surface area contributed by atoms with E-state index in [2.05, 4.69) is 15.3 Å². The highest BCUT2D eigenvalue weighted by atomic mass is 32.2. The Kier molecular flexibility index (Phi) is 4.98. The molecular weight excluding hydrogens is 244 g/mol. The SMILES string of the molecule is CSc1nc[nH]c1CC(NC(=O)CN)C(=O)O. The lowest BCUT2D eigenvalue weighted by Gasteiger charge is -2.13. The van der Waals surface area contributed by atoms with Crippen LogP contribution < -0.4 is 11.1 Å². The first kappa shape index (κ1) is 13.5. The fraction of sp³-hybridized carbons (Fsp3) is 0.444. The molecule has 7 nitrogen and oxygen atoms in total. The number of aliphatic carboxylic acids is 1. The third kappa shape index (κ3) is 3.75. The van der Waals surface area contributed by atoms with Crippen molar-refractivity contribution in [2.24, 2.45) is 5.73 Å². The molecule has 1 aromatic rings. The first-order valence-electron chi connectivity index (χ1n) is 4.87. The van der Waals surface area contributed by atoms with Gasteiger partial charge in [-0.3, -0.25) is 4.79 Å². The summed E-state index contributed by atoms with van der Waals surface area (Å²) in [6.07, 6.45) is 3.48. The van der Waals surface area contributed by atoms with Gasteiger partial charge in [0.05, 0.1) is 18.6 Å². The predicted molar refractivity (Wildman–Crippen MR) is 62.7 cm³/mol. The summed E-state index contributed by atoms with van der Waals surface area (Å²) in [5.41, 5.74) is 5.80. The van der Waals surface area contributed by atoms with Crippen LogP contribution in [0.4, 0.5) is 0 Å². The lowest BCUT2D eigenvalue weighted by atomic mass is 10.1. The quantitative estimate of drug-likeness (QED) is 0.496. The molecule has 1 atom stereocenters. The molecule has 0 bridgehead atoms. The molecule has 0 aliphatic heterocycles. The second-order valence-corrected chi connectivity index (χ2v) is 4.05. The first-order valence-corrected chi connectivity index (χ1v) is 6.09. The van der Waals surface area contributed by atoms with Crippen molar-refractivity contribution < 1.29 is 14.7 Å². The number of nitrogens with zero attached hydrogens (tertiary/aromatic N) is 1. The molecular formula is C9H14N4O3S. The van der Waals surface area contributed by atoms with Crippen LogP contribution >= 0.6 is 11.8 Å². The fourth-order valence-electron chi connectivity index (χ4n) is 1.29. The third-order valence-corrected chi connectivity index (χ3v) is 2.84. The van der Waals surface area contributed by atoms with Crippen molar-refractivity contribution in [3.05, 3.63) is 12.0 Å². The minimum absolute atomic E-state index is 0.150. The molecule has 0 spiro atoms. The number of rotatable bonds is 6. The van der Waals surface area contributed by atoms with Crippen molar-refractivity contribution in [3.63, 3.8) is 0 Å². The van der Waals surface area contributed by atoms with Gasteiger partial charge < -0.3 is 21.1 Å². The zero-order valence-electron chi connectivity index (χ0n) is 9.27. The van der Waals surface area contributed by atoms with E-state index in [-0.39, 0.29) is 13.0 Å². The maximum absolute atomic E-state index is 11.1. The summed E-state index contributed by atoms with van der Waals surface area (Å²) < 4.78 is 0. The number of carbonyl (C=O) groups excluding carboxylic acids is 1. The van der Waals surface area contributed by atoms with E-state index < -0.39 is 17.9 Å². The molecule has 0 fully saturated rings. The molecule has 1 heterocycles. The van der Waals surface area contributed by atoms with Gasteiger partial charge in [-0.25, -0.2) is 9.78 Å². The number of hydrogen-bond acceptors (Lipinski definition) is 5. The van der Waals surface area contributed by atoms with E-state index in [0.29, 0.717) is 5.69 Å². The van der Waals surface area contributed by atoms with Crippen molar-refractivity contribution in [1.29, 1.82) is 0 Å². The minimum Gasteiger partial charge on any atom is -0.480 e. The summed E-state index contributed by atoms with van der Waals surface area (Å²) in [5.74, 6) is -1.60. The zero-order chi connectivity index (χ0) is 12.8. The van der Waals surface area contributed by atoms with Crippen LogP contribution in [0.15, 0.2) is 11.4 Å². The number of aromatic nitrogens is 2. The molecule has 0 saturated carbocycles. The highest BCUT2D eigenvalue weighted by Gasteiger charge is 2.21. The van der Waals surface area contributed by atoms with E-state index in [1.54, 1.807) is 0 Å². The average Bonchev–Trinajstić information content (AvgIpc) is 2.75. The number of carboxylic acid groups (broad SMARTS) is 1. The number of H-pyrrole nitrogens is 1. The Labute approximate surface area is 102 Å². The van der Waals surface area contributed by atoms with Gasteiger partial charge in [0, 0.05) is 6.42 Å². The number of hydrogen-bond donors (Lipinski definition) is 4. The lowest BCUT2D eigenvalue weighted by molar-refractivity contribution is -0.141. The molecule has 1 amide bonds. The van der Waals surface area contributed by atoms with Gasteiger partial charge in [-0.2, -0.15) is 0 Å². The maximum Gasteiger partial charge on any atom is 0.326 e. The van der Waals surface area contributed by atoms with E-state index >= 15 is 0 Å². The van der Waals surface area contributed by atoms with Gasteiger partial charge in [-0.1, -0.05) is 0 Å². The van der Waals surface area contributed by atoms with E-state index in [1.807, 2.05) is 6.26 Å². The summed E-state index contributed by atoms with van der Waals surface area (Å²) in [5, 5.41) is 12.0. The monoisotopic (exact) mass is 258 g/mol. The van der Waals surface area contributed by atoms with E-state index in [9.17, 15) is 9.59 Å². The minimum atomic E-state index is -1.10. The lowest BCUT2D eigenvalue weighted by Crippen LogP contribution is -2.44. The number of amides is 1. The van der Waals surface area contributed by atoms with Crippen LogP contribution in [0.2, 0.25) is 0 Å². The number of carbonyl (C=O) groups is 2. The van der Waals surface area contributed by atoms with Crippen LogP contribution in [0.5, 0.6) is 0 Å². The van der Waals surface area contributed by atoms with Crippen molar-refractivity contribution in [3.8, 4) is 0 Å². The highest BCUT2D eigenvalue weighted by Crippen LogP contribution is 2.16. The van der Waals surface area contributed by atoms with E-state index in [4.69, 9.17) is 10.8 Å². The highest BCUT2D eigenvalue weighted by molar-refractivity contribution is 7.98. The van der Waals surface area contributed by atoms with Crippen LogP contribution in [-0.2, 0) is 16.0 Å². The Morgan fingerprint density at radius 1 is 1.71 bits per heavy atom. The molecule has 0 aromatic carbocycles. The van der Waals surface area contributed by atoms with Gasteiger partial charge in [-0.05, 0) is 6.26 Å². The number of aromatic amines is 1. The third-order valence-electron chi connectivity index (χ3n) is 2.10. The summed E-state index contributed by atoms with van der Waals surface area (Å²) in [6.45, 7) is -0.234. The maximum atomic E-state index is 11.1. The van der Waals surface area contributed by atoms with Crippen LogP contribution in [0.1, 0.15) is 5.69 Å². The summed E-state index contributed by atoms with van der Waals surface area (Å²) in [6, 6.07) is -1.00. The van der Waals surface area contributed by atoms with Crippen molar-refractivity contribution in [1.82, 2.24) is 15.3 Å². The smallest absolute Gasteiger partial charge is 0.326 e. The summed E-state index contributed by atoms with van der Waals surface area (Å²) >= 11 is 1.41. The second-order valence-electron chi connectivity index (χ2n) is 3.26. The molecule has 5 N–H and O–H groups in total. The van der Waals surface area contributed by atoms with Gasteiger partial charge >= 0.3 is 5.97 Å². The number of nitrogens with two attached hydrogens (primary N) is 1. The molecule has 0 saturated heterocycles. The molecule has 0 aliphatic carbocycles. The van der Waals surface area contributed by atoms with E-state index in [0.717, 1.165) is 5.03 Å². The Morgan fingerprint density at radius 3 is 2.94 bits per heavy atom. The van der Waals surface area contributed by atoms with Crippen LogP contribution in [0.25, 0.3) is 0 Å². The van der Waals surface area contributed by atoms with Crippen LogP contribution in [0.3, 0.4) is 0 Å². The van der Waals surface area contributed by atoms with Gasteiger partial charge in [0.1, 0.15) is 11.1 Å². The van der Waals surface area contributed by atoms with Gasteiger partial charge in [0.2, 0.25) is 5.91 Å². The Morgan fingerprint density at radius 2 is 2.41 bits per heavy atom. The molecule has 1 rings (SSSR count). The van der Waals surface area contributed by atoms with Crippen molar-refractivity contribution in [2.75, 3.05) is 12.8 Å². The number of thioether (sulfide) groups is 1. The topological polar surface area (TPSA) is 121 Å². The molecule has 1 aromatic heterocycles. The standard InChI is InChI=1S/C9H14N4O3S/c1-17-8-5(11-4-12-8)2-6(9(15)16)13-7(14)3-10/h4,6H,2-3,10H2,1H3,(H,11,12)(H,13,14)(H,15,16). The summed E-state index contributed by atoms with van der Waals surface area (Å²) in [4.78, 5) is 28.9. The van der Waals surface area contributed by atoms with E-state index in [1.165, 1.54) is 18.1 Å². The second kappa shape index (κ2) is 6.26. The van der Waals surface area contributed by atoms with Gasteiger partial charge in [0.25, 0.3) is 0 Å². The molecule has 17 heavy (non-hydrogen) atoms. The molecule has 8 heteroatoms. The Hall–Kier alpha value is -1.54. The largest absolute Gasteiger partial charge is 0.480 e. The Balaban J connectivity index is 2.73. The van der Waals surface area contributed by atoms with Gasteiger partial charge in [-0.15, -0.1) is 11.8 Å². The normalized spacial score (nSPS) is 12.1. The fourth-order valence-corrected chi connectivity index (χ4v) is 1.83.